The number of hydrogen-bond donors (Lipinski definition) is 1. The van der Waals surface area contributed by atoms with E-state index < -0.39 is 53.7 Å². The predicted octanol–water partition coefficient (Wildman–Crippen LogP) is 3.34. The van der Waals surface area contributed by atoms with Crippen LogP contribution in [0.15, 0.2) is 34.5 Å². The first-order valence-corrected chi connectivity index (χ1v) is 14.2. The van der Waals surface area contributed by atoms with Crippen LogP contribution in [-0.2, 0) is 42.9 Å². The Kier molecular flexibility index (Phi) is 9.46. The number of esters is 4. The van der Waals surface area contributed by atoms with Crippen LogP contribution < -0.4 is 0 Å². The lowest BCUT2D eigenvalue weighted by atomic mass is 9.99. The third-order valence-corrected chi connectivity index (χ3v) is 8.54. The van der Waals surface area contributed by atoms with Crippen LogP contribution >= 0.6 is 23.1 Å². The molecule has 0 unspecified atom stereocenters. The fourth-order valence-electron chi connectivity index (χ4n) is 4.39. The largest absolute Gasteiger partial charge is 0.463 e. The molecule has 0 saturated carbocycles. The Balaban J connectivity index is 1.77. The summed E-state index contributed by atoms with van der Waals surface area (Å²) >= 11 is 2.32. The molecule has 0 spiro atoms. The van der Waals surface area contributed by atoms with Crippen molar-refractivity contribution < 1.29 is 47.7 Å². The van der Waals surface area contributed by atoms with Crippen molar-refractivity contribution in [3.63, 3.8) is 0 Å². The van der Waals surface area contributed by atoms with E-state index in [0.717, 1.165) is 25.6 Å². The molecule has 0 radical (unpaired) electrons. The topological polar surface area (TPSA) is 160 Å². The third kappa shape index (κ3) is 6.94. The highest BCUT2D eigenvalue weighted by molar-refractivity contribution is 8.01. The summed E-state index contributed by atoms with van der Waals surface area (Å²) in [7, 11) is 0. The van der Waals surface area contributed by atoms with Crippen molar-refractivity contribution >= 4 is 63.7 Å². The number of aromatic nitrogens is 2. The lowest BCUT2D eigenvalue weighted by Crippen LogP contribution is -2.61. The highest BCUT2D eigenvalue weighted by atomic mass is 32.2. The maximum Gasteiger partial charge on any atom is 0.303 e. The van der Waals surface area contributed by atoms with Gasteiger partial charge in [0, 0.05) is 38.6 Å². The van der Waals surface area contributed by atoms with Gasteiger partial charge in [-0.05, 0) is 6.92 Å². The number of benzene rings is 1. The Morgan fingerprint density at radius 1 is 0.902 bits per heavy atom. The number of aromatic amines is 1. The first kappa shape index (κ1) is 30.2. The van der Waals surface area contributed by atoms with Gasteiger partial charge in [-0.2, -0.15) is 5.10 Å². The minimum Gasteiger partial charge on any atom is -0.463 e. The lowest BCUT2D eigenvalue weighted by Gasteiger charge is -2.44. The van der Waals surface area contributed by atoms with E-state index in [1.165, 1.54) is 25.2 Å². The molecule has 218 valence electrons. The first-order chi connectivity index (χ1) is 19.5. The summed E-state index contributed by atoms with van der Waals surface area (Å²) in [6.07, 6.45) is -4.87. The van der Waals surface area contributed by atoms with Gasteiger partial charge in [-0.3, -0.25) is 29.1 Å². The molecule has 0 aliphatic carbocycles. The van der Waals surface area contributed by atoms with Crippen molar-refractivity contribution in [1.82, 2.24) is 10.2 Å². The number of fused-ring (bicyclic) bond motifs is 1. The van der Waals surface area contributed by atoms with Crippen LogP contribution in [0.1, 0.15) is 48.6 Å². The molecule has 1 saturated heterocycles. The number of hydrogen-bond acceptors (Lipinski definition) is 13. The summed E-state index contributed by atoms with van der Waals surface area (Å²) in [5.74, 6) is -2.95. The van der Waals surface area contributed by atoms with Crippen molar-refractivity contribution in [3.05, 3.63) is 46.5 Å². The first-order valence-electron chi connectivity index (χ1n) is 12.5. The summed E-state index contributed by atoms with van der Waals surface area (Å²) in [6, 6.07) is 8.77. The van der Waals surface area contributed by atoms with Gasteiger partial charge in [0.2, 0.25) is 5.78 Å². The lowest BCUT2D eigenvalue weighted by molar-refractivity contribution is -0.237. The van der Waals surface area contributed by atoms with Crippen molar-refractivity contribution in [3.8, 4) is 0 Å². The van der Waals surface area contributed by atoms with Crippen LogP contribution in [0.5, 0.6) is 0 Å². The molecule has 1 fully saturated rings. The van der Waals surface area contributed by atoms with Gasteiger partial charge in [0.15, 0.2) is 18.3 Å². The zero-order chi connectivity index (χ0) is 29.8. The number of H-pyrrole nitrogens is 1. The number of carbonyl (C=O) groups is 5. The fourth-order valence-corrected chi connectivity index (χ4v) is 7.24. The second-order valence-electron chi connectivity index (χ2n) is 9.16. The van der Waals surface area contributed by atoms with Gasteiger partial charge in [0.05, 0.1) is 15.4 Å². The van der Waals surface area contributed by atoms with E-state index >= 15 is 0 Å². The summed E-state index contributed by atoms with van der Waals surface area (Å²) in [4.78, 5) is 61.7. The minimum absolute atomic E-state index is 0.211. The van der Waals surface area contributed by atoms with E-state index in [1.54, 1.807) is 31.2 Å². The smallest absolute Gasteiger partial charge is 0.303 e. The average Bonchev–Trinajstić information content (AvgIpc) is 3.46. The standard InChI is InChI=1S/C27H28N2O10S2/c1-12-19-20(29-28-12)25(21(34)17-9-7-6-8-10-17)40-27(19)41-26-24(38-16(5)33)23(37-15(4)32)22(36-14(3)31)18(39-26)11-35-13(2)30/h6-10,18,22-24,26,29H,11H2,1-5H3/t18-,22-,23+,24-,26+/m1/s1. The van der Waals surface area contributed by atoms with E-state index in [4.69, 9.17) is 23.7 Å². The van der Waals surface area contributed by atoms with Gasteiger partial charge in [-0.1, -0.05) is 42.1 Å². The number of thiophene rings is 1. The van der Waals surface area contributed by atoms with Gasteiger partial charge in [0.1, 0.15) is 23.0 Å². The normalized spacial score (nSPS) is 22.1. The van der Waals surface area contributed by atoms with Crippen LogP contribution in [0.4, 0.5) is 0 Å². The quantitative estimate of drug-likeness (QED) is 0.216. The zero-order valence-corrected chi connectivity index (χ0v) is 24.5. The Morgan fingerprint density at radius 2 is 1.51 bits per heavy atom. The number of nitrogens with one attached hydrogen (secondary N) is 1. The third-order valence-electron chi connectivity index (χ3n) is 5.99. The molecule has 4 rings (SSSR count). The summed E-state index contributed by atoms with van der Waals surface area (Å²) in [5, 5.41) is 7.88. The van der Waals surface area contributed by atoms with Crippen LogP contribution in [0.3, 0.4) is 0 Å². The number of aryl methyl sites for hydroxylation is 1. The second-order valence-corrected chi connectivity index (χ2v) is 11.5. The van der Waals surface area contributed by atoms with Crippen molar-refractivity contribution in [2.75, 3.05) is 6.61 Å². The minimum atomic E-state index is -1.29. The number of ether oxygens (including phenoxy) is 5. The fraction of sp³-hybridized carbons (Fsp3) is 0.407. The summed E-state index contributed by atoms with van der Waals surface area (Å²) in [6.45, 7) is 6.14. The molecule has 0 amide bonds. The Hall–Kier alpha value is -3.75. The van der Waals surface area contributed by atoms with Crippen LogP contribution in [0.2, 0.25) is 0 Å². The molecule has 41 heavy (non-hydrogen) atoms. The highest BCUT2D eigenvalue weighted by Gasteiger charge is 2.52. The number of ketones is 1. The summed E-state index contributed by atoms with van der Waals surface area (Å²) < 4.78 is 28.5. The van der Waals surface area contributed by atoms with Gasteiger partial charge in [-0.15, -0.1) is 11.3 Å². The van der Waals surface area contributed by atoms with E-state index in [2.05, 4.69) is 10.2 Å². The SMILES string of the molecule is CC(=O)OC[C@H]1O[C@@H](Sc2sc(C(=O)c3ccccc3)c3[nH]nc(C)c23)[C@H](OC(C)=O)[C@@H](OC(C)=O)[C@@H]1OC(C)=O. The van der Waals surface area contributed by atoms with Gasteiger partial charge in [0.25, 0.3) is 0 Å². The average molecular weight is 605 g/mol. The molecule has 1 aromatic carbocycles. The molecule has 12 nitrogen and oxygen atoms in total. The maximum atomic E-state index is 13.4. The number of thioether (sulfide) groups is 1. The molecule has 1 aliphatic rings. The van der Waals surface area contributed by atoms with E-state index in [1.807, 2.05) is 6.07 Å². The van der Waals surface area contributed by atoms with Crippen LogP contribution in [0.25, 0.3) is 10.9 Å². The van der Waals surface area contributed by atoms with Gasteiger partial charge in [-0.25, -0.2) is 0 Å². The maximum absolute atomic E-state index is 13.4. The summed E-state index contributed by atoms with van der Waals surface area (Å²) in [5.41, 5.74) is 0.615. The van der Waals surface area contributed by atoms with Crippen molar-refractivity contribution in [1.29, 1.82) is 0 Å². The molecule has 1 N–H and O–H groups in total. The molecular formula is C27H28N2O10S2. The second kappa shape index (κ2) is 12.8. The molecular weight excluding hydrogens is 576 g/mol. The van der Waals surface area contributed by atoms with Crippen LogP contribution in [-0.4, -0.2) is 76.3 Å². The van der Waals surface area contributed by atoms with E-state index in [9.17, 15) is 24.0 Å². The Morgan fingerprint density at radius 3 is 2.12 bits per heavy atom. The molecule has 3 heterocycles. The predicted molar refractivity (Wildman–Crippen MR) is 146 cm³/mol. The molecule has 0 bridgehead atoms. The number of carbonyl (C=O) groups excluding carboxylic acids is 5. The van der Waals surface area contributed by atoms with Gasteiger partial charge < -0.3 is 23.7 Å². The highest BCUT2D eigenvalue weighted by Crippen LogP contribution is 2.45. The number of rotatable bonds is 9. The Labute approximate surface area is 243 Å². The Bertz CT molecular complexity index is 1470. The monoisotopic (exact) mass is 604 g/mol. The molecule has 3 aromatic rings. The molecule has 2 aromatic heterocycles. The van der Waals surface area contributed by atoms with Crippen molar-refractivity contribution in [2.45, 2.75) is 68.7 Å². The molecule has 1 aliphatic heterocycles. The van der Waals surface area contributed by atoms with Crippen LogP contribution in [0, 0.1) is 6.92 Å². The van der Waals surface area contributed by atoms with Gasteiger partial charge >= 0.3 is 23.9 Å². The van der Waals surface area contributed by atoms with E-state index in [0.29, 0.717) is 31.2 Å². The van der Waals surface area contributed by atoms with Crippen molar-refractivity contribution in [2.24, 2.45) is 0 Å². The van der Waals surface area contributed by atoms with E-state index in [-0.39, 0.29) is 12.4 Å². The zero-order valence-electron chi connectivity index (χ0n) is 22.8. The number of nitrogens with zero attached hydrogens (tertiary/aromatic N) is 1. The molecule has 14 heteroatoms. The molecule has 5 atom stereocenters.